The van der Waals surface area contributed by atoms with Crippen molar-refractivity contribution in [3.8, 4) is 0 Å². The summed E-state index contributed by atoms with van der Waals surface area (Å²) < 4.78 is 37.6. The first-order valence-corrected chi connectivity index (χ1v) is 5.67. The summed E-state index contributed by atoms with van der Waals surface area (Å²) in [6.07, 6.45) is -3.58. The van der Waals surface area contributed by atoms with Gasteiger partial charge in [-0.1, -0.05) is 6.07 Å². The molecule has 2 rings (SSSR count). The molecule has 1 heterocycles. The molecular formula is C12H11F3N2O2. The first-order chi connectivity index (χ1) is 8.88. The highest BCUT2D eigenvalue weighted by atomic mass is 19.4. The first-order valence-electron chi connectivity index (χ1n) is 5.67. The second-order valence-corrected chi connectivity index (χ2v) is 4.17. The monoisotopic (exact) mass is 272 g/mol. The molecule has 7 heteroatoms. The van der Waals surface area contributed by atoms with Crippen molar-refractivity contribution in [3.63, 3.8) is 0 Å². The van der Waals surface area contributed by atoms with Gasteiger partial charge in [0.25, 0.3) is 0 Å². The number of rotatable bonds is 2. The Morgan fingerprint density at radius 1 is 1.11 bits per heavy atom. The van der Waals surface area contributed by atoms with Crippen molar-refractivity contribution in [1.82, 2.24) is 5.01 Å². The number of alkyl halides is 3. The normalized spacial score (nSPS) is 16.7. The van der Waals surface area contributed by atoms with Gasteiger partial charge in [0.05, 0.1) is 11.3 Å². The highest BCUT2D eigenvalue weighted by Gasteiger charge is 2.31. The molecule has 0 bridgehead atoms. The zero-order valence-electron chi connectivity index (χ0n) is 9.83. The number of piperidine rings is 1. The summed E-state index contributed by atoms with van der Waals surface area (Å²) in [5, 5.41) is 0.777. The summed E-state index contributed by atoms with van der Waals surface area (Å²) in [6.45, 7) is 0. The lowest BCUT2D eigenvalue weighted by atomic mass is 10.1. The van der Waals surface area contributed by atoms with Crippen molar-refractivity contribution in [2.45, 2.75) is 25.4 Å². The number of hydrogen-bond donors (Lipinski definition) is 1. The third-order valence-corrected chi connectivity index (χ3v) is 2.71. The van der Waals surface area contributed by atoms with Crippen LogP contribution in [0.15, 0.2) is 24.3 Å². The van der Waals surface area contributed by atoms with Gasteiger partial charge in [0.2, 0.25) is 11.8 Å². The van der Waals surface area contributed by atoms with Gasteiger partial charge < -0.3 is 0 Å². The van der Waals surface area contributed by atoms with Crippen LogP contribution in [0.2, 0.25) is 0 Å². The second-order valence-electron chi connectivity index (χ2n) is 4.17. The van der Waals surface area contributed by atoms with Crippen LogP contribution in [0.3, 0.4) is 0 Å². The van der Waals surface area contributed by atoms with E-state index in [1.54, 1.807) is 0 Å². The average Bonchev–Trinajstić information content (AvgIpc) is 2.33. The summed E-state index contributed by atoms with van der Waals surface area (Å²) in [7, 11) is 0. The van der Waals surface area contributed by atoms with Crippen LogP contribution in [0.25, 0.3) is 0 Å². The molecule has 1 fully saturated rings. The molecule has 0 spiro atoms. The van der Waals surface area contributed by atoms with Crippen molar-refractivity contribution in [3.05, 3.63) is 29.8 Å². The van der Waals surface area contributed by atoms with E-state index in [2.05, 4.69) is 5.43 Å². The third-order valence-electron chi connectivity index (χ3n) is 2.71. The van der Waals surface area contributed by atoms with E-state index in [-0.39, 0.29) is 18.5 Å². The molecule has 1 aromatic rings. The maximum absolute atomic E-state index is 12.5. The Morgan fingerprint density at radius 2 is 1.74 bits per heavy atom. The number of carbonyl (C=O) groups is 2. The van der Waals surface area contributed by atoms with Crippen LogP contribution in [0.4, 0.5) is 18.9 Å². The molecule has 2 amide bonds. The highest BCUT2D eigenvalue weighted by molar-refractivity contribution is 5.98. The number of hydrogen-bond acceptors (Lipinski definition) is 3. The summed E-state index contributed by atoms with van der Waals surface area (Å²) >= 11 is 0. The molecule has 0 atom stereocenters. The van der Waals surface area contributed by atoms with Crippen LogP contribution >= 0.6 is 0 Å². The smallest absolute Gasteiger partial charge is 0.289 e. The lowest BCUT2D eigenvalue weighted by Gasteiger charge is -2.26. The van der Waals surface area contributed by atoms with Crippen LogP contribution in [-0.2, 0) is 15.8 Å². The van der Waals surface area contributed by atoms with E-state index >= 15 is 0 Å². The number of nitrogens with zero attached hydrogens (tertiary/aromatic N) is 1. The van der Waals surface area contributed by atoms with Crippen molar-refractivity contribution in [2.75, 3.05) is 5.43 Å². The standard InChI is InChI=1S/C12H11F3N2O2/c13-12(14,15)8-3-1-4-9(7-8)16-17-10(18)5-2-6-11(17)19/h1,3-4,7,16H,2,5-6H2. The zero-order valence-corrected chi connectivity index (χ0v) is 9.83. The van der Waals surface area contributed by atoms with Crippen LogP contribution in [0.1, 0.15) is 24.8 Å². The van der Waals surface area contributed by atoms with Gasteiger partial charge in [0, 0.05) is 12.8 Å². The highest BCUT2D eigenvalue weighted by Crippen LogP contribution is 2.30. The number of imide groups is 1. The minimum atomic E-state index is -4.46. The first kappa shape index (κ1) is 13.4. The molecule has 1 aromatic carbocycles. The summed E-state index contributed by atoms with van der Waals surface area (Å²) in [5.41, 5.74) is 1.64. The van der Waals surface area contributed by atoms with Crippen molar-refractivity contribution in [2.24, 2.45) is 0 Å². The summed E-state index contributed by atoms with van der Waals surface area (Å²) in [6, 6.07) is 4.36. The van der Waals surface area contributed by atoms with Gasteiger partial charge in [0.15, 0.2) is 0 Å². The molecule has 0 radical (unpaired) electrons. The largest absolute Gasteiger partial charge is 0.416 e. The third kappa shape index (κ3) is 3.04. The SMILES string of the molecule is O=C1CCCC(=O)N1Nc1cccc(C(F)(F)F)c1. The number of halogens is 3. The topological polar surface area (TPSA) is 49.4 Å². The van der Waals surface area contributed by atoms with Gasteiger partial charge in [-0.05, 0) is 24.6 Å². The maximum atomic E-state index is 12.5. The zero-order chi connectivity index (χ0) is 14.0. The second kappa shape index (κ2) is 4.91. The Balaban J connectivity index is 2.19. The molecule has 102 valence electrons. The molecule has 1 saturated heterocycles. The van der Waals surface area contributed by atoms with Crippen LogP contribution < -0.4 is 5.43 Å². The van der Waals surface area contributed by atoms with Crippen LogP contribution in [-0.4, -0.2) is 16.8 Å². The van der Waals surface area contributed by atoms with Gasteiger partial charge >= 0.3 is 6.18 Å². The predicted molar refractivity (Wildman–Crippen MR) is 60.8 cm³/mol. The fourth-order valence-electron chi connectivity index (χ4n) is 1.77. The summed E-state index contributed by atoms with van der Waals surface area (Å²) in [4.78, 5) is 23.0. The maximum Gasteiger partial charge on any atom is 0.416 e. The van der Waals surface area contributed by atoms with Crippen LogP contribution in [0, 0.1) is 0 Å². The van der Waals surface area contributed by atoms with E-state index in [9.17, 15) is 22.8 Å². The number of benzene rings is 1. The number of amides is 2. The Kier molecular flexibility index (Phi) is 3.46. The molecule has 1 aliphatic rings. The Labute approximate surface area is 107 Å². The van der Waals surface area contributed by atoms with Crippen molar-refractivity contribution in [1.29, 1.82) is 0 Å². The molecule has 0 aliphatic carbocycles. The van der Waals surface area contributed by atoms with Gasteiger partial charge in [-0.15, -0.1) is 0 Å². The molecule has 1 N–H and O–H groups in total. The number of anilines is 1. The van der Waals surface area contributed by atoms with Gasteiger partial charge in [0.1, 0.15) is 0 Å². The molecule has 0 unspecified atom stereocenters. The van der Waals surface area contributed by atoms with E-state index in [0.29, 0.717) is 6.42 Å². The average molecular weight is 272 g/mol. The minimum absolute atomic E-state index is 0.0541. The van der Waals surface area contributed by atoms with Gasteiger partial charge in [-0.2, -0.15) is 18.2 Å². The quantitative estimate of drug-likeness (QED) is 0.842. The molecule has 0 saturated carbocycles. The van der Waals surface area contributed by atoms with E-state index in [1.807, 2.05) is 0 Å². The fourth-order valence-corrected chi connectivity index (χ4v) is 1.77. The minimum Gasteiger partial charge on any atom is -0.289 e. The van der Waals surface area contributed by atoms with Crippen LogP contribution in [0.5, 0.6) is 0 Å². The number of nitrogens with one attached hydrogen (secondary N) is 1. The molecular weight excluding hydrogens is 261 g/mol. The Bertz CT molecular complexity index is 498. The van der Waals surface area contributed by atoms with E-state index in [1.165, 1.54) is 12.1 Å². The van der Waals surface area contributed by atoms with E-state index in [4.69, 9.17) is 0 Å². The molecule has 19 heavy (non-hydrogen) atoms. The van der Waals surface area contributed by atoms with E-state index in [0.717, 1.165) is 17.1 Å². The molecule has 4 nitrogen and oxygen atoms in total. The predicted octanol–water partition coefficient (Wildman–Crippen LogP) is 2.57. The van der Waals surface area contributed by atoms with E-state index < -0.39 is 23.6 Å². The van der Waals surface area contributed by atoms with Gasteiger partial charge in [-0.3, -0.25) is 15.0 Å². The number of hydrazine groups is 1. The fraction of sp³-hybridized carbons (Fsp3) is 0.333. The molecule has 1 aliphatic heterocycles. The van der Waals surface area contributed by atoms with Gasteiger partial charge in [-0.25, -0.2) is 0 Å². The molecule has 0 aromatic heterocycles. The van der Waals surface area contributed by atoms with Crippen molar-refractivity contribution >= 4 is 17.5 Å². The lowest BCUT2D eigenvalue weighted by molar-refractivity contribution is -0.146. The Hall–Kier alpha value is -2.05. The number of carbonyl (C=O) groups excluding carboxylic acids is 2. The summed E-state index contributed by atoms with van der Waals surface area (Å²) in [5.74, 6) is -0.873. The van der Waals surface area contributed by atoms with Crippen molar-refractivity contribution < 1.29 is 22.8 Å². The Morgan fingerprint density at radius 3 is 2.32 bits per heavy atom. The lowest BCUT2D eigenvalue weighted by Crippen LogP contribution is -2.44.